The minimum atomic E-state index is -0.793. The molecule has 6 heteroatoms. The summed E-state index contributed by atoms with van der Waals surface area (Å²) in [6.45, 7) is 6.54. The summed E-state index contributed by atoms with van der Waals surface area (Å²) >= 11 is 0. The second-order valence-corrected chi connectivity index (χ2v) is 23.1. The second kappa shape index (κ2) is 68.8. The number of unbranched alkanes of at least 4 members (excludes halogenated alkanes) is 36. The van der Waals surface area contributed by atoms with E-state index in [2.05, 4.69) is 118 Å². The van der Waals surface area contributed by atoms with Crippen molar-refractivity contribution in [2.24, 2.45) is 0 Å². The summed E-state index contributed by atoms with van der Waals surface area (Å²) in [6, 6.07) is 0. The van der Waals surface area contributed by atoms with Gasteiger partial charge < -0.3 is 14.2 Å². The molecule has 1 atom stereocenters. The Kier molecular flexibility index (Phi) is 65.7. The molecule has 6 nitrogen and oxygen atoms in total. The molecule has 0 aliphatic rings. The highest BCUT2D eigenvalue weighted by molar-refractivity contribution is 5.71. The average molecular weight is 1130 g/mol. The summed E-state index contributed by atoms with van der Waals surface area (Å²) in [5.41, 5.74) is 0. The van der Waals surface area contributed by atoms with Crippen molar-refractivity contribution in [2.75, 3.05) is 13.2 Å². The van der Waals surface area contributed by atoms with Crippen LogP contribution in [0.15, 0.2) is 97.2 Å². The van der Waals surface area contributed by atoms with Gasteiger partial charge in [0.2, 0.25) is 0 Å². The van der Waals surface area contributed by atoms with Gasteiger partial charge in [-0.25, -0.2) is 0 Å². The second-order valence-electron chi connectivity index (χ2n) is 23.1. The summed E-state index contributed by atoms with van der Waals surface area (Å²) in [5.74, 6) is -0.895. The minimum Gasteiger partial charge on any atom is -0.462 e. The van der Waals surface area contributed by atoms with Gasteiger partial charge in [0.05, 0.1) is 0 Å². The van der Waals surface area contributed by atoms with Crippen molar-refractivity contribution in [2.45, 2.75) is 348 Å². The zero-order valence-corrected chi connectivity index (χ0v) is 53.5. The van der Waals surface area contributed by atoms with Gasteiger partial charge in [0.15, 0.2) is 6.10 Å². The van der Waals surface area contributed by atoms with E-state index in [1.807, 2.05) is 0 Å². The van der Waals surface area contributed by atoms with E-state index >= 15 is 0 Å². The van der Waals surface area contributed by atoms with Crippen molar-refractivity contribution < 1.29 is 28.6 Å². The number of rotatable bonds is 63. The Morgan fingerprint density at radius 1 is 0.259 bits per heavy atom. The lowest BCUT2D eigenvalue weighted by Crippen LogP contribution is -2.30. The van der Waals surface area contributed by atoms with Crippen LogP contribution >= 0.6 is 0 Å². The predicted molar refractivity (Wildman–Crippen MR) is 353 cm³/mol. The summed E-state index contributed by atoms with van der Waals surface area (Å²) in [4.78, 5) is 38.5. The largest absolute Gasteiger partial charge is 0.462 e. The van der Waals surface area contributed by atoms with Crippen LogP contribution < -0.4 is 0 Å². The van der Waals surface area contributed by atoms with Gasteiger partial charge in [-0.15, -0.1) is 0 Å². The molecule has 0 bridgehead atoms. The van der Waals surface area contributed by atoms with E-state index in [1.54, 1.807) is 0 Å². The first kappa shape index (κ1) is 77.3. The Morgan fingerprint density at radius 3 is 0.753 bits per heavy atom. The van der Waals surface area contributed by atoms with Crippen LogP contribution in [0, 0.1) is 0 Å². The van der Waals surface area contributed by atoms with Crippen molar-refractivity contribution >= 4 is 17.9 Å². The summed E-state index contributed by atoms with van der Waals surface area (Å²) in [7, 11) is 0. The van der Waals surface area contributed by atoms with Gasteiger partial charge in [0, 0.05) is 19.3 Å². The number of carbonyl (C=O) groups is 3. The maximum absolute atomic E-state index is 13.0. The number of allylic oxidation sites excluding steroid dienone is 16. The lowest BCUT2D eigenvalue weighted by Gasteiger charge is -2.18. The zero-order valence-electron chi connectivity index (χ0n) is 53.5. The highest BCUT2D eigenvalue weighted by Gasteiger charge is 2.19. The van der Waals surface area contributed by atoms with Gasteiger partial charge in [-0.3, -0.25) is 14.4 Å². The van der Waals surface area contributed by atoms with E-state index in [0.717, 1.165) is 128 Å². The number of esters is 3. The molecule has 0 rings (SSSR count). The van der Waals surface area contributed by atoms with Crippen LogP contribution in [0.1, 0.15) is 342 Å². The van der Waals surface area contributed by atoms with Crippen molar-refractivity contribution in [3.8, 4) is 0 Å². The van der Waals surface area contributed by atoms with Crippen LogP contribution in [0.4, 0.5) is 0 Å². The third kappa shape index (κ3) is 67.0. The molecular formula is C75H130O6. The number of ether oxygens (including phenoxy) is 3. The van der Waals surface area contributed by atoms with E-state index < -0.39 is 6.10 Å². The molecule has 0 N–H and O–H groups in total. The topological polar surface area (TPSA) is 78.9 Å². The smallest absolute Gasteiger partial charge is 0.306 e. The molecule has 0 aromatic rings. The molecule has 466 valence electrons. The maximum atomic E-state index is 13.0. The van der Waals surface area contributed by atoms with E-state index in [9.17, 15) is 14.4 Å². The molecule has 0 fully saturated rings. The van der Waals surface area contributed by atoms with E-state index in [4.69, 9.17) is 14.2 Å². The van der Waals surface area contributed by atoms with Gasteiger partial charge in [-0.2, -0.15) is 0 Å². The average Bonchev–Trinajstić information content (AvgIpc) is 3.47. The maximum Gasteiger partial charge on any atom is 0.306 e. The molecule has 0 radical (unpaired) electrons. The Hall–Kier alpha value is -3.67. The third-order valence-electron chi connectivity index (χ3n) is 15.1. The molecule has 0 saturated heterocycles. The van der Waals surface area contributed by atoms with Gasteiger partial charge in [0.1, 0.15) is 13.2 Å². The van der Waals surface area contributed by atoms with Gasteiger partial charge in [-0.05, 0) is 103 Å². The highest BCUT2D eigenvalue weighted by Crippen LogP contribution is 2.17. The van der Waals surface area contributed by atoms with Crippen molar-refractivity contribution in [3.05, 3.63) is 97.2 Å². The first-order chi connectivity index (χ1) is 40.0. The Morgan fingerprint density at radius 2 is 0.481 bits per heavy atom. The molecule has 0 spiro atoms. The highest BCUT2D eigenvalue weighted by atomic mass is 16.6. The van der Waals surface area contributed by atoms with Crippen LogP contribution in [0.2, 0.25) is 0 Å². The molecule has 0 aliphatic heterocycles. The van der Waals surface area contributed by atoms with Crippen LogP contribution in [0.25, 0.3) is 0 Å². The van der Waals surface area contributed by atoms with Crippen molar-refractivity contribution in [1.82, 2.24) is 0 Å². The number of hydrogen-bond acceptors (Lipinski definition) is 6. The Labute approximate surface area is 502 Å². The molecule has 81 heavy (non-hydrogen) atoms. The number of hydrogen-bond donors (Lipinski definition) is 0. The molecule has 0 aromatic heterocycles. The standard InChI is InChI=1S/C75H130O6/c1-4-7-10-13-16-19-22-25-28-31-34-36-37-39-41-44-47-50-53-56-59-62-65-68-74(77)80-71-72(70-79-73(76)67-64-61-58-55-52-49-46-43-40-33-30-27-24-21-18-15-12-9-6-3)81-75(78)69-66-63-60-57-54-51-48-45-42-38-35-32-29-26-23-20-17-14-11-8-5-2/h8,11,17,20,22,25-26,29,31,34-35,37-39,45,48,72H,4-7,9-10,12-16,18-19,21,23-24,27-28,30,32-33,36,40-44,46-47,49-71H2,1-3H3/b11-8-,20-17-,25-22-,29-26-,34-31-,38-35-,39-37-,48-45-. The molecule has 0 aromatic carbocycles. The fourth-order valence-electron chi connectivity index (χ4n) is 9.89. The van der Waals surface area contributed by atoms with Gasteiger partial charge in [-0.1, -0.05) is 317 Å². The molecule has 0 amide bonds. The molecule has 0 saturated carbocycles. The SMILES string of the molecule is CC/C=C\C/C=C\C/C=C\C/C=C\C/C=C\CCCCCCCC(=O)OC(COC(=O)CCCCCCCCCC/C=C\C/C=C\C/C=C\CCCCCCC)COC(=O)CCCCCCCCCCCCCCCCCCCCC. The van der Waals surface area contributed by atoms with Gasteiger partial charge in [0.25, 0.3) is 0 Å². The molecule has 1 unspecified atom stereocenters. The minimum absolute atomic E-state index is 0.0855. The first-order valence-corrected chi connectivity index (χ1v) is 34.7. The van der Waals surface area contributed by atoms with Crippen LogP contribution in [0.3, 0.4) is 0 Å². The van der Waals surface area contributed by atoms with Crippen LogP contribution in [0.5, 0.6) is 0 Å². The quantitative estimate of drug-likeness (QED) is 0.0261. The van der Waals surface area contributed by atoms with Crippen molar-refractivity contribution in [1.29, 1.82) is 0 Å². The lowest BCUT2D eigenvalue weighted by atomic mass is 10.0. The Bertz CT molecular complexity index is 1580. The third-order valence-corrected chi connectivity index (χ3v) is 15.1. The van der Waals surface area contributed by atoms with Crippen LogP contribution in [-0.2, 0) is 28.6 Å². The monoisotopic (exact) mass is 1130 g/mol. The normalized spacial score (nSPS) is 12.7. The zero-order chi connectivity index (χ0) is 58.5. The summed E-state index contributed by atoms with van der Waals surface area (Å²) < 4.78 is 17.0. The van der Waals surface area contributed by atoms with E-state index in [1.165, 1.54) is 173 Å². The van der Waals surface area contributed by atoms with E-state index in [-0.39, 0.29) is 31.1 Å². The predicted octanol–water partition coefficient (Wildman–Crippen LogP) is 24.0. The molecule has 0 heterocycles. The first-order valence-electron chi connectivity index (χ1n) is 34.7. The fraction of sp³-hybridized carbons (Fsp3) is 0.747. The number of carbonyl (C=O) groups excluding carboxylic acids is 3. The fourth-order valence-corrected chi connectivity index (χ4v) is 9.89. The summed E-state index contributed by atoms with van der Waals surface area (Å²) in [5, 5.41) is 0. The van der Waals surface area contributed by atoms with Crippen molar-refractivity contribution in [3.63, 3.8) is 0 Å². The van der Waals surface area contributed by atoms with Crippen LogP contribution in [-0.4, -0.2) is 37.2 Å². The Balaban J connectivity index is 4.42. The molecule has 0 aliphatic carbocycles. The van der Waals surface area contributed by atoms with Gasteiger partial charge >= 0.3 is 17.9 Å². The summed E-state index contributed by atoms with van der Waals surface area (Å²) in [6.07, 6.45) is 92.7. The lowest BCUT2D eigenvalue weighted by molar-refractivity contribution is -0.167. The van der Waals surface area contributed by atoms with E-state index in [0.29, 0.717) is 19.3 Å². The molecular weight excluding hydrogens is 997 g/mol.